The Morgan fingerprint density at radius 1 is 1.27 bits per heavy atom. The van der Waals surface area contributed by atoms with Crippen LogP contribution in [0.4, 0.5) is 13.2 Å². The number of rotatable bonds is 4. The van der Waals surface area contributed by atoms with Crippen LogP contribution in [0.15, 0.2) is 4.99 Å². The Balaban J connectivity index is 0.00000441. The van der Waals surface area contributed by atoms with Gasteiger partial charge in [0.1, 0.15) is 0 Å². The summed E-state index contributed by atoms with van der Waals surface area (Å²) < 4.78 is 38.5. The molecule has 1 rings (SSSR count). The average molecular weight is 453 g/mol. The second-order valence-corrected chi connectivity index (χ2v) is 7.65. The van der Waals surface area contributed by atoms with Crippen LogP contribution in [0, 0.1) is 5.92 Å². The van der Waals surface area contributed by atoms with E-state index < -0.39 is 12.1 Å². The molecule has 2 unspecified atom stereocenters. The van der Waals surface area contributed by atoms with E-state index in [1.165, 1.54) is 0 Å². The molecule has 0 aromatic heterocycles. The first-order valence-electron chi connectivity index (χ1n) is 7.27. The summed E-state index contributed by atoms with van der Waals surface area (Å²) in [7, 11) is 1.64. The van der Waals surface area contributed by atoms with Crippen molar-refractivity contribution in [1.82, 2.24) is 10.6 Å². The van der Waals surface area contributed by atoms with Gasteiger partial charge in [-0.25, -0.2) is 0 Å². The van der Waals surface area contributed by atoms with Crippen LogP contribution in [0.3, 0.4) is 0 Å². The predicted molar refractivity (Wildman–Crippen MR) is 99.3 cm³/mol. The zero-order valence-electron chi connectivity index (χ0n) is 13.6. The van der Waals surface area contributed by atoms with Gasteiger partial charge >= 0.3 is 6.18 Å². The highest BCUT2D eigenvalue weighted by molar-refractivity contribution is 14.0. The van der Waals surface area contributed by atoms with Crippen molar-refractivity contribution in [2.75, 3.05) is 19.8 Å². The third-order valence-corrected chi connectivity index (χ3v) is 5.19. The molecule has 0 amide bonds. The number of halogens is 4. The molecule has 1 fully saturated rings. The molecule has 0 heterocycles. The van der Waals surface area contributed by atoms with E-state index in [2.05, 4.69) is 29.5 Å². The maximum absolute atomic E-state index is 12.8. The van der Waals surface area contributed by atoms with Gasteiger partial charge in [0.2, 0.25) is 0 Å². The monoisotopic (exact) mass is 453 g/mol. The highest BCUT2D eigenvalue weighted by atomic mass is 127. The van der Waals surface area contributed by atoms with E-state index in [4.69, 9.17) is 0 Å². The lowest BCUT2D eigenvalue weighted by Gasteiger charge is -2.32. The Morgan fingerprint density at radius 2 is 1.91 bits per heavy atom. The van der Waals surface area contributed by atoms with Gasteiger partial charge in [0.05, 0.1) is 5.92 Å². The van der Waals surface area contributed by atoms with E-state index in [1.54, 1.807) is 18.8 Å². The van der Waals surface area contributed by atoms with Crippen molar-refractivity contribution >= 4 is 41.7 Å². The largest absolute Gasteiger partial charge is 0.391 e. The summed E-state index contributed by atoms with van der Waals surface area (Å²) in [6.07, 6.45) is -0.303. The van der Waals surface area contributed by atoms with Crippen molar-refractivity contribution in [2.24, 2.45) is 10.9 Å². The fraction of sp³-hybridized carbons (Fsp3) is 0.929. The summed E-state index contributed by atoms with van der Waals surface area (Å²) >= 11 is 1.74. The first-order chi connectivity index (χ1) is 9.68. The molecule has 22 heavy (non-hydrogen) atoms. The summed E-state index contributed by atoms with van der Waals surface area (Å²) in [4.78, 5) is 4.11. The van der Waals surface area contributed by atoms with E-state index in [9.17, 15) is 13.2 Å². The summed E-state index contributed by atoms with van der Waals surface area (Å²) in [5, 5.41) is 6.33. The van der Waals surface area contributed by atoms with Crippen LogP contribution in [-0.4, -0.2) is 42.8 Å². The zero-order chi connectivity index (χ0) is 16.1. The molecule has 2 N–H and O–H groups in total. The third-order valence-electron chi connectivity index (χ3n) is 3.94. The van der Waals surface area contributed by atoms with Gasteiger partial charge in [0.15, 0.2) is 5.96 Å². The molecule has 0 bridgehead atoms. The van der Waals surface area contributed by atoms with E-state index in [-0.39, 0.29) is 47.6 Å². The molecule has 0 aliphatic heterocycles. The highest BCUT2D eigenvalue weighted by Gasteiger charge is 2.42. The van der Waals surface area contributed by atoms with E-state index in [0.29, 0.717) is 18.9 Å². The second-order valence-electron chi connectivity index (χ2n) is 6.14. The SMILES string of the molecule is CN=C(NCC(C)(C)SC)NC1CCCC(C(F)(F)F)C1.I. The molecule has 1 aliphatic carbocycles. The van der Waals surface area contributed by atoms with Gasteiger partial charge in [0, 0.05) is 24.4 Å². The van der Waals surface area contributed by atoms with Crippen LogP contribution in [0.2, 0.25) is 0 Å². The van der Waals surface area contributed by atoms with Gasteiger partial charge < -0.3 is 10.6 Å². The fourth-order valence-electron chi connectivity index (χ4n) is 2.37. The number of nitrogens with one attached hydrogen (secondary N) is 2. The Bertz CT molecular complexity index is 362. The normalized spacial score (nSPS) is 23.7. The van der Waals surface area contributed by atoms with Crippen LogP contribution >= 0.6 is 35.7 Å². The molecule has 0 aromatic rings. The minimum atomic E-state index is -4.09. The van der Waals surface area contributed by atoms with Crippen molar-refractivity contribution in [2.45, 2.75) is 56.5 Å². The van der Waals surface area contributed by atoms with E-state index >= 15 is 0 Å². The summed E-state index contributed by atoms with van der Waals surface area (Å²) in [6.45, 7) is 4.93. The van der Waals surface area contributed by atoms with Crippen LogP contribution < -0.4 is 10.6 Å². The van der Waals surface area contributed by atoms with Gasteiger partial charge in [-0.2, -0.15) is 24.9 Å². The predicted octanol–water partition coefficient (Wildman–Crippen LogP) is 4.03. The van der Waals surface area contributed by atoms with Crippen LogP contribution in [0.5, 0.6) is 0 Å². The van der Waals surface area contributed by atoms with E-state index in [0.717, 1.165) is 6.42 Å². The van der Waals surface area contributed by atoms with Crippen LogP contribution in [0.1, 0.15) is 39.5 Å². The summed E-state index contributed by atoms with van der Waals surface area (Å²) in [6, 6.07) is -0.158. The molecule has 0 saturated heterocycles. The molecule has 2 atom stereocenters. The third kappa shape index (κ3) is 7.61. The number of hydrogen-bond acceptors (Lipinski definition) is 2. The summed E-state index contributed by atoms with van der Waals surface area (Å²) in [5.74, 6) is -0.602. The first-order valence-corrected chi connectivity index (χ1v) is 8.49. The number of aliphatic imine (C=N–C) groups is 1. The molecular weight excluding hydrogens is 426 g/mol. The van der Waals surface area contributed by atoms with Crippen LogP contribution in [-0.2, 0) is 0 Å². The molecule has 0 aromatic carbocycles. The molecule has 132 valence electrons. The lowest BCUT2D eigenvalue weighted by molar-refractivity contribution is -0.183. The summed E-state index contributed by atoms with van der Waals surface area (Å²) in [5.41, 5.74) is 0. The molecule has 0 spiro atoms. The Labute approximate surface area is 152 Å². The lowest BCUT2D eigenvalue weighted by atomic mass is 9.85. The Morgan fingerprint density at radius 3 is 2.41 bits per heavy atom. The minimum absolute atomic E-state index is 0. The quantitative estimate of drug-likeness (QED) is 0.384. The standard InChI is InChI=1S/C14H26F3N3S.HI/c1-13(2,21-4)9-19-12(18-3)20-11-7-5-6-10(8-11)14(15,16)17;/h10-11H,5-9H2,1-4H3,(H2,18,19,20);1H. The lowest BCUT2D eigenvalue weighted by Crippen LogP contribution is -2.49. The Hall–Kier alpha value is 0.140. The van der Waals surface area contributed by atoms with E-state index in [1.807, 2.05) is 6.26 Å². The molecule has 0 radical (unpaired) electrons. The van der Waals surface area contributed by atoms with Crippen molar-refractivity contribution < 1.29 is 13.2 Å². The maximum atomic E-state index is 12.8. The topological polar surface area (TPSA) is 36.4 Å². The number of hydrogen-bond donors (Lipinski definition) is 2. The highest BCUT2D eigenvalue weighted by Crippen LogP contribution is 2.37. The zero-order valence-corrected chi connectivity index (χ0v) is 16.7. The Kier molecular flexibility index (Phi) is 9.50. The van der Waals surface area contributed by atoms with Gasteiger partial charge in [-0.3, -0.25) is 4.99 Å². The fourth-order valence-corrected chi connectivity index (χ4v) is 2.59. The first kappa shape index (κ1) is 22.1. The van der Waals surface area contributed by atoms with Gasteiger partial charge in [0.25, 0.3) is 0 Å². The number of thioether (sulfide) groups is 1. The number of nitrogens with zero attached hydrogens (tertiary/aromatic N) is 1. The van der Waals surface area contributed by atoms with Crippen molar-refractivity contribution in [3.63, 3.8) is 0 Å². The number of alkyl halides is 3. The smallest absolute Gasteiger partial charge is 0.355 e. The van der Waals surface area contributed by atoms with Gasteiger partial charge in [-0.05, 0) is 39.4 Å². The number of guanidine groups is 1. The maximum Gasteiger partial charge on any atom is 0.391 e. The van der Waals surface area contributed by atoms with Crippen molar-refractivity contribution in [3.05, 3.63) is 0 Å². The van der Waals surface area contributed by atoms with Crippen LogP contribution in [0.25, 0.3) is 0 Å². The molecule has 1 saturated carbocycles. The van der Waals surface area contributed by atoms with Crippen molar-refractivity contribution in [3.8, 4) is 0 Å². The minimum Gasteiger partial charge on any atom is -0.355 e. The molecule has 1 aliphatic rings. The van der Waals surface area contributed by atoms with Crippen molar-refractivity contribution in [1.29, 1.82) is 0 Å². The second kappa shape index (κ2) is 9.44. The van der Waals surface area contributed by atoms with Gasteiger partial charge in [-0.15, -0.1) is 24.0 Å². The van der Waals surface area contributed by atoms with Gasteiger partial charge in [-0.1, -0.05) is 6.42 Å². The molecular formula is C14H27F3IN3S. The average Bonchev–Trinajstić information content (AvgIpc) is 2.43. The molecule has 3 nitrogen and oxygen atoms in total. The molecule has 8 heteroatoms.